The van der Waals surface area contributed by atoms with Gasteiger partial charge in [0.1, 0.15) is 5.75 Å². The molecule has 2 aromatic carbocycles. The molecule has 4 nitrogen and oxygen atoms in total. The Morgan fingerprint density at radius 2 is 1.96 bits per heavy atom. The Hall–Kier alpha value is -2.04. The highest BCUT2D eigenvalue weighted by molar-refractivity contribution is 6.31. The highest BCUT2D eigenvalue weighted by Gasteiger charge is 2.12. The molecule has 0 heterocycles. The maximum atomic E-state index is 12.6. The summed E-state index contributed by atoms with van der Waals surface area (Å²) in [5.74, 6) is 0.557. The van der Waals surface area contributed by atoms with Crippen LogP contribution < -0.4 is 10.1 Å². The molecular formula is C21H26ClNO3. The fraction of sp³-hybridized carbons (Fsp3) is 0.381. The second kappa shape index (κ2) is 10.2. The number of unbranched alkanes of at least 4 members (excludes halogenated alkanes) is 1. The molecular weight excluding hydrogens is 350 g/mol. The fourth-order valence-electron chi connectivity index (χ4n) is 2.43. The summed E-state index contributed by atoms with van der Waals surface area (Å²) in [5.41, 5.74) is 3.06. The number of aryl methyl sites for hydroxylation is 1. The molecule has 0 radical (unpaired) electrons. The average molecular weight is 376 g/mol. The zero-order valence-corrected chi connectivity index (χ0v) is 16.4. The van der Waals surface area contributed by atoms with Gasteiger partial charge >= 0.3 is 0 Å². The Morgan fingerprint density at radius 3 is 2.65 bits per heavy atom. The van der Waals surface area contributed by atoms with E-state index in [1.165, 1.54) is 0 Å². The lowest BCUT2D eigenvalue weighted by Crippen LogP contribution is -2.13. The highest BCUT2D eigenvalue weighted by Crippen LogP contribution is 2.24. The van der Waals surface area contributed by atoms with E-state index in [0.29, 0.717) is 36.1 Å². The van der Waals surface area contributed by atoms with Crippen LogP contribution >= 0.6 is 11.6 Å². The standard InChI is InChI=1S/C21H26ClNO3/c1-4-6-11-25-14-17-12-16(8-10-20(17)26-5-2)21(24)23-18-9-7-15(3)19(22)13-18/h7-10,12-13H,4-6,11,14H2,1-3H3,(H,23,24). The van der Waals surface area contributed by atoms with Gasteiger partial charge in [-0.1, -0.05) is 31.0 Å². The van der Waals surface area contributed by atoms with Crippen LogP contribution in [0.15, 0.2) is 36.4 Å². The van der Waals surface area contributed by atoms with Crippen LogP contribution in [0, 0.1) is 6.92 Å². The fourth-order valence-corrected chi connectivity index (χ4v) is 2.61. The minimum atomic E-state index is -0.192. The van der Waals surface area contributed by atoms with Crippen LogP contribution in [0.2, 0.25) is 5.02 Å². The van der Waals surface area contributed by atoms with Gasteiger partial charge in [0.25, 0.3) is 5.91 Å². The Balaban J connectivity index is 2.13. The van der Waals surface area contributed by atoms with Crippen LogP contribution in [-0.4, -0.2) is 19.1 Å². The van der Waals surface area contributed by atoms with Crippen molar-refractivity contribution >= 4 is 23.2 Å². The molecule has 5 heteroatoms. The molecule has 0 saturated heterocycles. The number of amides is 1. The van der Waals surface area contributed by atoms with Crippen molar-refractivity contribution in [2.75, 3.05) is 18.5 Å². The zero-order chi connectivity index (χ0) is 18.9. The van der Waals surface area contributed by atoms with Crippen LogP contribution in [0.4, 0.5) is 5.69 Å². The van der Waals surface area contributed by atoms with Crippen molar-refractivity contribution in [3.05, 3.63) is 58.1 Å². The molecule has 140 valence electrons. The summed E-state index contributed by atoms with van der Waals surface area (Å²) < 4.78 is 11.3. The Bertz CT molecular complexity index is 746. The molecule has 0 aliphatic heterocycles. The summed E-state index contributed by atoms with van der Waals surface area (Å²) in [7, 11) is 0. The molecule has 0 aliphatic rings. The van der Waals surface area contributed by atoms with Gasteiger partial charge in [0.05, 0.1) is 13.2 Å². The molecule has 0 aliphatic carbocycles. The van der Waals surface area contributed by atoms with Gasteiger partial charge < -0.3 is 14.8 Å². The first-order valence-corrected chi connectivity index (χ1v) is 9.34. The molecule has 1 amide bonds. The quantitative estimate of drug-likeness (QED) is 0.579. The second-order valence-electron chi connectivity index (χ2n) is 6.08. The van der Waals surface area contributed by atoms with Crippen molar-refractivity contribution < 1.29 is 14.3 Å². The molecule has 0 bridgehead atoms. The topological polar surface area (TPSA) is 47.6 Å². The number of nitrogens with one attached hydrogen (secondary N) is 1. The van der Waals surface area contributed by atoms with Crippen LogP contribution in [-0.2, 0) is 11.3 Å². The Labute approximate surface area is 160 Å². The first kappa shape index (κ1) is 20.3. The van der Waals surface area contributed by atoms with Crippen LogP contribution in [0.5, 0.6) is 5.75 Å². The van der Waals surface area contributed by atoms with Crippen LogP contribution in [0.3, 0.4) is 0 Å². The number of carbonyl (C=O) groups is 1. The Kier molecular flexibility index (Phi) is 7.95. The first-order valence-electron chi connectivity index (χ1n) is 8.96. The molecule has 0 aromatic heterocycles. The zero-order valence-electron chi connectivity index (χ0n) is 15.6. The summed E-state index contributed by atoms with van der Waals surface area (Å²) in [5, 5.41) is 3.50. The van der Waals surface area contributed by atoms with E-state index in [1.807, 2.05) is 38.1 Å². The SMILES string of the molecule is CCCCOCc1cc(C(=O)Nc2ccc(C)c(Cl)c2)ccc1OCC. The van der Waals surface area contributed by atoms with E-state index in [0.717, 1.165) is 29.7 Å². The van der Waals surface area contributed by atoms with Crippen LogP contribution in [0.1, 0.15) is 48.2 Å². The van der Waals surface area contributed by atoms with Crippen molar-refractivity contribution in [3.8, 4) is 5.75 Å². The van der Waals surface area contributed by atoms with Gasteiger partial charge in [0, 0.05) is 28.4 Å². The number of hydrogen-bond donors (Lipinski definition) is 1. The molecule has 1 N–H and O–H groups in total. The maximum absolute atomic E-state index is 12.6. The lowest BCUT2D eigenvalue weighted by molar-refractivity contribution is 0.102. The van der Waals surface area contributed by atoms with E-state index >= 15 is 0 Å². The van der Waals surface area contributed by atoms with Crippen molar-refractivity contribution in [1.82, 2.24) is 0 Å². The van der Waals surface area contributed by atoms with E-state index in [-0.39, 0.29) is 5.91 Å². The average Bonchev–Trinajstić information content (AvgIpc) is 2.63. The minimum Gasteiger partial charge on any atom is -0.494 e. The summed E-state index contributed by atoms with van der Waals surface area (Å²) in [6.45, 7) is 7.66. The molecule has 26 heavy (non-hydrogen) atoms. The number of anilines is 1. The number of carbonyl (C=O) groups excluding carboxylic acids is 1. The molecule has 0 spiro atoms. The minimum absolute atomic E-state index is 0.192. The number of halogens is 1. The van der Waals surface area contributed by atoms with E-state index in [2.05, 4.69) is 12.2 Å². The van der Waals surface area contributed by atoms with Gasteiger partial charge in [-0.2, -0.15) is 0 Å². The normalized spacial score (nSPS) is 10.6. The lowest BCUT2D eigenvalue weighted by atomic mass is 10.1. The molecule has 2 aromatic rings. The smallest absolute Gasteiger partial charge is 0.255 e. The predicted molar refractivity (Wildman–Crippen MR) is 106 cm³/mol. The molecule has 2 rings (SSSR count). The van der Waals surface area contributed by atoms with Crippen molar-refractivity contribution in [2.45, 2.75) is 40.2 Å². The van der Waals surface area contributed by atoms with Crippen molar-refractivity contribution in [3.63, 3.8) is 0 Å². The largest absolute Gasteiger partial charge is 0.494 e. The summed E-state index contributed by atoms with van der Waals surface area (Å²) in [6, 6.07) is 10.9. The molecule has 0 saturated carbocycles. The maximum Gasteiger partial charge on any atom is 0.255 e. The third kappa shape index (κ3) is 5.75. The van der Waals surface area contributed by atoms with E-state index < -0.39 is 0 Å². The van der Waals surface area contributed by atoms with E-state index in [9.17, 15) is 4.79 Å². The van der Waals surface area contributed by atoms with E-state index in [4.69, 9.17) is 21.1 Å². The number of benzene rings is 2. The lowest BCUT2D eigenvalue weighted by Gasteiger charge is -2.13. The molecule has 0 fully saturated rings. The second-order valence-corrected chi connectivity index (χ2v) is 6.49. The van der Waals surface area contributed by atoms with E-state index in [1.54, 1.807) is 12.1 Å². The van der Waals surface area contributed by atoms with Gasteiger partial charge in [0.2, 0.25) is 0 Å². The number of ether oxygens (including phenoxy) is 2. The van der Waals surface area contributed by atoms with Gasteiger partial charge in [0.15, 0.2) is 0 Å². The van der Waals surface area contributed by atoms with Gasteiger partial charge in [-0.05, 0) is 56.2 Å². The van der Waals surface area contributed by atoms with Crippen LogP contribution in [0.25, 0.3) is 0 Å². The Morgan fingerprint density at radius 1 is 1.15 bits per heavy atom. The monoisotopic (exact) mass is 375 g/mol. The highest BCUT2D eigenvalue weighted by atomic mass is 35.5. The molecule has 0 unspecified atom stereocenters. The first-order chi connectivity index (χ1) is 12.5. The third-order valence-electron chi connectivity index (χ3n) is 3.95. The van der Waals surface area contributed by atoms with Gasteiger partial charge in [-0.25, -0.2) is 0 Å². The van der Waals surface area contributed by atoms with Gasteiger partial charge in [-0.15, -0.1) is 0 Å². The number of rotatable bonds is 9. The van der Waals surface area contributed by atoms with Crippen molar-refractivity contribution in [2.24, 2.45) is 0 Å². The van der Waals surface area contributed by atoms with Gasteiger partial charge in [-0.3, -0.25) is 4.79 Å². The summed E-state index contributed by atoms with van der Waals surface area (Å²) in [6.07, 6.45) is 2.10. The predicted octanol–water partition coefficient (Wildman–Crippen LogP) is 5.62. The third-order valence-corrected chi connectivity index (χ3v) is 4.36. The van der Waals surface area contributed by atoms with Crippen molar-refractivity contribution in [1.29, 1.82) is 0 Å². The molecule has 0 atom stereocenters. The number of hydrogen-bond acceptors (Lipinski definition) is 3. The summed E-state index contributed by atoms with van der Waals surface area (Å²) >= 11 is 6.12. The summed E-state index contributed by atoms with van der Waals surface area (Å²) in [4.78, 5) is 12.6.